The number of halogens is 2. The summed E-state index contributed by atoms with van der Waals surface area (Å²) in [6.07, 6.45) is 5.63. The number of rotatable bonds is 11. The Bertz CT molecular complexity index is 1250. The second-order valence-electron chi connectivity index (χ2n) is 9.17. The van der Waals surface area contributed by atoms with Gasteiger partial charge in [0.2, 0.25) is 5.91 Å². The first-order valence-corrected chi connectivity index (χ1v) is 13.2. The molecular formula is C27H32BrFN6O2. The Hall–Kier alpha value is -3.24. The van der Waals surface area contributed by atoms with Crippen LogP contribution in [0.5, 0.6) is 5.75 Å². The van der Waals surface area contributed by atoms with Crippen molar-refractivity contribution in [2.24, 2.45) is 5.92 Å². The van der Waals surface area contributed by atoms with Gasteiger partial charge in [0.05, 0.1) is 23.5 Å². The zero-order valence-corrected chi connectivity index (χ0v) is 22.5. The average Bonchev–Trinajstić information content (AvgIpc) is 2.89. The first kappa shape index (κ1) is 26.8. The topological polar surface area (TPSA) is 91.4 Å². The van der Waals surface area contributed by atoms with Crippen LogP contribution in [-0.4, -0.2) is 60.6 Å². The highest BCUT2D eigenvalue weighted by Gasteiger charge is 2.19. The van der Waals surface area contributed by atoms with Crippen molar-refractivity contribution in [3.05, 3.63) is 59.6 Å². The fourth-order valence-corrected chi connectivity index (χ4v) is 4.52. The molecular weight excluding hydrogens is 539 g/mol. The van der Waals surface area contributed by atoms with E-state index in [-0.39, 0.29) is 11.7 Å². The lowest BCUT2D eigenvalue weighted by Gasteiger charge is -2.29. The van der Waals surface area contributed by atoms with Crippen LogP contribution in [0.1, 0.15) is 19.3 Å². The van der Waals surface area contributed by atoms with E-state index in [1.807, 2.05) is 12.1 Å². The third kappa shape index (κ3) is 7.39. The molecule has 1 fully saturated rings. The van der Waals surface area contributed by atoms with E-state index in [4.69, 9.17) is 4.74 Å². The van der Waals surface area contributed by atoms with Crippen LogP contribution in [-0.2, 0) is 4.79 Å². The summed E-state index contributed by atoms with van der Waals surface area (Å²) < 4.78 is 21.5. The molecule has 1 saturated heterocycles. The van der Waals surface area contributed by atoms with Crippen LogP contribution >= 0.6 is 15.9 Å². The smallest absolute Gasteiger partial charge is 0.243 e. The molecule has 10 heteroatoms. The largest absolute Gasteiger partial charge is 0.491 e. The van der Waals surface area contributed by atoms with E-state index in [1.165, 1.54) is 18.5 Å². The SMILES string of the molecule is C=CC(=O)NCCCNc1cc2c(Nc3ccc(Br)cc3F)ncnc2cc1OCC1CCN(C)CC1. The molecule has 1 aliphatic heterocycles. The van der Waals surface area contributed by atoms with Gasteiger partial charge in [0.1, 0.15) is 23.7 Å². The average molecular weight is 571 g/mol. The van der Waals surface area contributed by atoms with E-state index in [0.717, 1.165) is 37.0 Å². The number of carbonyl (C=O) groups is 1. The van der Waals surface area contributed by atoms with Crippen LogP contribution in [0.3, 0.4) is 0 Å². The van der Waals surface area contributed by atoms with Gasteiger partial charge in [-0.15, -0.1) is 0 Å². The van der Waals surface area contributed by atoms with E-state index >= 15 is 0 Å². The maximum absolute atomic E-state index is 14.5. The van der Waals surface area contributed by atoms with Gasteiger partial charge in [0, 0.05) is 29.0 Å². The minimum absolute atomic E-state index is 0.194. The van der Waals surface area contributed by atoms with Gasteiger partial charge in [-0.2, -0.15) is 0 Å². The van der Waals surface area contributed by atoms with E-state index < -0.39 is 0 Å². The molecule has 0 atom stereocenters. The second kappa shape index (κ2) is 12.8. The Morgan fingerprint density at radius 1 is 1.22 bits per heavy atom. The first-order valence-electron chi connectivity index (χ1n) is 12.4. The molecule has 0 spiro atoms. The van der Waals surface area contributed by atoms with E-state index in [1.54, 1.807) is 12.1 Å². The zero-order valence-electron chi connectivity index (χ0n) is 20.9. The van der Waals surface area contributed by atoms with Gasteiger partial charge >= 0.3 is 0 Å². The number of piperidine rings is 1. The van der Waals surface area contributed by atoms with Crippen molar-refractivity contribution in [3.63, 3.8) is 0 Å². The predicted octanol–water partition coefficient (Wildman–Crippen LogP) is 5.10. The monoisotopic (exact) mass is 570 g/mol. The molecule has 8 nitrogen and oxygen atoms in total. The normalized spacial score (nSPS) is 14.4. The Morgan fingerprint density at radius 3 is 2.78 bits per heavy atom. The highest BCUT2D eigenvalue weighted by molar-refractivity contribution is 9.10. The van der Waals surface area contributed by atoms with Gasteiger partial charge in [0.25, 0.3) is 0 Å². The predicted molar refractivity (Wildman–Crippen MR) is 149 cm³/mol. The Morgan fingerprint density at radius 2 is 2.03 bits per heavy atom. The van der Waals surface area contributed by atoms with Gasteiger partial charge in [-0.3, -0.25) is 4.79 Å². The molecule has 1 aromatic heterocycles. The summed E-state index contributed by atoms with van der Waals surface area (Å²) in [7, 11) is 2.14. The van der Waals surface area contributed by atoms with Gasteiger partial charge in [-0.05, 0) is 75.7 Å². The summed E-state index contributed by atoms with van der Waals surface area (Å²) in [5.74, 6) is 1.12. The summed E-state index contributed by atoms with van der Waals surface area (Å²) in [5.41, 5.74) is 1.81. The van der Waals surface area contributed by atoms with E-state index in [2.05, 4.69) is 60.4 Å². The number of nitrogens with one attached hydrogen (secondary N) is 3. The number of fused-ring (bicyclic) bond motifs is 1. The van der Waals surface area contributed by atoms with E-state index in [9.17, 15) is 9.18 Å². The van der Waals surface area contributed by atoms with Gasteiger partial charge in [-0.1, -0.05) is 22.5 Å². The first-order chi connectivity index (χ1) is 17.9. The molecule has 3 aromatic rings. The molecule has 0 aliphatic carbocycles. The Labute approximate surface area is 224 Å². The number of amides is 1. The van der Waals surface area contributed by atoms with Gasteiger partial charge < -0.3 is 25.6 Å². The highest BCUT2D eigenvalue weighted by Crippen LogP contribution is 2.34. The molecule has 2 aromatic carbocycles. The van der Waals surface area contributed by atoms with Crippen molar-refractivity contribution in [1.82, 2.24) is 20.2 Å². The van der Waals surface area contributed by atoms with Crippen LogP contribution in [0.15, 0.2) is 53.8 Å². The van der Waals surface area contributed by atoms with Crippen LogP contribution in [0.4, 0.5) is 21.6 Å². The maximum atomic E-state index is 14.5. The van der Waals surface area contributed by atoms with Gasteiger partial charge in [0.15, 0.2) is 0 Å². The second-order valence-corrected chi connectivity index (χ2v) is 10.1. The zero-order chi connectivity index (χ0) is 26.2. The number of carbonyl (C=O) groups excluding carboxylic acids is 1. The molecule has 196 valence electrons. The van der Waals surface area contributed by atoms with Crippen LogP contribution in [0.2, 0.25) is 0 Å². The standard InChI is InChI=1S/C27H32BrFN6O2/c1-3-26(36)31-10-4-9-30-24-14-20-23(15-25(24)37-16-18-7-11-35(2)12-8-18)32-17-33-27(20)34-22-6-5-19(28)13-21(22)29/h3,5-6,13-15,17-18,30H,1,4,7-12,16H2,2H3,(H,31,36)(H,32,33,34). The molecule has 1 aliphatic rings. The number of nitrogens with zero attached hydrogens (tertiary/aromatic N) is 3. The third-order valence-corrected chi connectivity index (χ3v) is 6.88. The molecule has 0 bridgehead atoms. The fraction of sp³-hybridized carbons (Fsp3) is 0.370. The molecule has 0 unspecified atom stereocenters. The quantitative estimate of drug-likeness (QED) is 0.218. The van der Waals surface area contributed by atoms with Crippen molar-refractivity contribution in [1.29, 1.82) is 0 Å². The van der Waals surface area contributed by atoms with Crippen molar-refractivity contribution < 1.29 is 13.9 Å². The number of ether oxygens (including phenoxy) is 1. The number of benzene rings is 2. The lowest BCUT2D eigenvalue weighted by Crippen LogP contribution is -2.32. The minimum atomic E-state index is -0.390. The van der Waals surface area contributed by atoms with Crippen LogP contribution in [0.25, 0.3) is 10.9 Å². The fourth-order valence-electron chi connectivity index (χ4n) is 4.19. The third-order valence-electron chi connectivity index (χ3n) is 6.39. The molecule has 0 saturated carbocycles. The number of anilines is 3. The summed E-state index contributed by atoms with van der Waals surface area (Å²) in [5, 5.41) is 10.0. The van der Waals surface area contributed by atoms with Gasteiger partial charge in [-0.25, -0.2) is 14.4 Å². The molecule has 4 rings (SSSR count). The summed E-state index contributed by atoms with van der Waals surface area (Å²) >= 11 is 3.29. The van der Waals surface area contributed by atoms with Crippen LogP contribution in [0, 0.1) is 11.7 Å². The molecule has 37 heavy (non-hydrogen) atoms. The minimum Gasteiger partial charge on any atom is -0.491 e. The van der Waals surface area contributed by atoms with E-state index in [0.29, 0.717) is 59.3 Å². The van der Waals surface area contributed by atoms with Crippen molar-refractivity contribution >= 4 is 49.9 Å². The molecule has 2 heterocycles. The lowest BCUT2D eigenvalue weighted by molar-refractivity contribution is -0.116. The summed E-state index contributed by atoms with van der Waals surface area (Å²) in [6.45, 7) is 7.38. The Balaban J connectivity index is 1.56. The number of hydrogen-bond donors (Lipinski definition) is 3. The lowest BCUT2D eigenvalue weighted by atomic mass is 9.98. The molecule has 1 amide bonds. The summed E-state index contributed by atoms with van der Waals surface area (Å²) in [6, 6.07) is 8.65. The molecule has 3 N–H and O–H groups in total. The maximum Gasteiger partial charge on any atom is 0.243 e. The van der Waals surface area contributed by atoms with Crippen molar-refractivity contribution in [3.8, 4) is 5.75 Å². The number of likely N-dealkylation sites (tertiary alicyclic amines) is 1. The number of hydrogen-bond acceptors (Lipinski definition) is 7. The summed E-state index contributed by atoms with van der Waals surface area (Å²) in [4.78, 5) is 22.6. The number of aromatic nitrogens is 2. The highest BCUT2D eigenvalue weighted by atomic mass is 79.9. The van der Waals surface area contributed by atoms with Crippen molar-refractivity contribution in [2.75, 3.05) is 50.5 Å². The van der Waals surface area contributed by atoms with Crippen LogP contribution < -0.4 is 20.7 Å². The molecule has 0 radical (unpaired) electrons. The Kier molecular flexibility index (Phi) is 9.29. The van der Waals surface area contributed by atoms with Crippen molar-refractivity contribution in [2.45, 2.75) is 19.3 Å².